The van der Waals surface area contributed by atoms with Crippen molar-refractivity contribution in [2.24, 2.45) is 23.2 Å². The van der Waals surface area contributed by atoms with E-state index in [-0.39, 0.29) is 6.03 Å². The van der Waals surface area contributed by atoms with Gasteiger partial charge in [0, 0.05) is 12.2 Å². The van der Waals surface area contributed by atoms with E-state index in [4.69, 9.17) is 0 Å². The van der Waals surface area contributed by atoms with Crippen LogP contribution in [0.4, 0.5) is 10.5 Å². The summed E-state index contributed by atoms with van der Waals surface area (Å²) >= 11 is 0. The van der Waals surface area contributed by atoms with E-state index >= 15 is 0 Å². The summed E-state index contributed by atoms with van der Waals surface area (Å²) in [6.45, 7) is 2.98. The van der Waals surface area contributed by atoms with Gasteiger partial charge in [0.1, 0.15) is 0 Å². The first-order valence-corrected chi connectivity index (χ1v) is 9.28. The van der Waals surface area contributed by atoms with Crippen molar-refractivity contribution < 1.29 is 4.79 Å². The molecule has 4 aliphatic carbocycles. The van der Waals surface area contributed by atoms with Crippen LogP contribution in [0.5, 0.6) is 0 Å². The summed E-state index contributed by atoms with van der Waals surface area (Å²) in [5, 5.41) is 6.23. The molecule has 4 aliphatic rings. The molecule has 0 aliphatic heterocycles. The lowest BCUT2D eigenvalue weighted by atomic mass is 9.49. The summed E-state index contributed by atoms with van der Waals surface area (Å²) < 4.78 is 0. The Morgan fingerprint density at radius 3 is 2.30 bits per heavy atom. The first-order chi connectivity index (χ1) is 11.2. The predicted octanol–water partition coefficient (Wildman–Crippen LogP) is 4.59. The third-order valence-electron chi connectivity index (χ3n) is 6.44. The van der Waals surface area contributed by atoms with Crippen molar-refractivity contribution >= 4 is 11.7 Å². The number of nitrogens with one attached hydrogen (secondary N) is 2. The summed E-state index contributed by atoms with van der Waals surface area (Å²) in [5.74, 6) is 2.81. The van der Waals surface area contributed by atoms with Gasteiger partial charge >= 0.3 is 6.03 Å². The van der Waals surface area contributed by atoms with Crippen LogP contribution in [-0.2, 0) is 6.42 Å². The van der Waals surface area contributed by atoms with E-state index in [1.165, 1.54) is 44.1 Å². The normalized spacial score (nSPS) is 34.4. The number of rotatable bonds is 4. The van der Waals surface area contributed by atoms with Crippen molar-refractivity contribution in [3.05, 3.63) is 29.8 Å². The highest BCUT2D eigenvalue weighted by molar-refractivity contribution is 5.90. The molecule has 1 aromatic carbocycles. The molecule has 4 bridgehead atoms. The van der Waals surface area contributed by atoms with E-state index in [1.54, 1.807) is 0 Å². The Kier molecular flexibility index (Phi) is 3.82. The average molecular weight is 312 g/mol. The second-order valence-corrected chi connectivity index (χ2v) is 8.24. The van der Waals surface area contributed by atoms with Crippen molar-refractivity contribution in [3.63, 3.8) is 0 Å². The molecule has 0 radical (unpaired) electrons. The smallest absolute Gasteiger partial charge is 0.319 e. The topological polar surface area (TPSA) is 41.1 Å². The molecule has 0 unspecified atom stereocenters. The van der Waals surface area contributed by atoms with Crippen LogP contribution < -0.4 is 10.6 Å². The minimum Gasteiger partial charge on any atom is -0.337 e. The number of amides is 2. The van der Waals surface area contributed by atoms with Gasteiger partial charge < -0.3 is 10.6 Å². The number of hydrogen-bond donors (Lipinski definition) is 2. The number of benzene rings is 1. The fourth-order valence-electron chi connectivity index (χ4n) is 5.89. The molecular formula is C20H28N2O. The van der Waals surface area contributed by atoms with E-state index in [0.717, 1.165) is 36.4 Å². The zero-order valence-corrected chi connectivity index (χ0v) is 14.1. The molecule has 1 aromatic rings. The number of anilines is 1. The molecule has 0 spiro atoms. The van der Waals surface area contributed by atoms with Crippen molar-refractivity contribution in [3.8, 4) is 0 Å². The molecule has 4 fully saturated rings. The fraction of sp³-hybridized carbons (Fsp3) is 0.650. The zero-order chi connectivity index (χ0) is 15.9. The number of carbonyl (C=O) groups is 1. The molecule has 3 heteroatoms. The number of aryl methyl sites for hydroxylation is 1. The van der Waals surface area contributed by atoms with Crippen LogP contribution in [0, 0.1) is 23.2 Å². The molecule has 23 heavy (non-hydrogen) atoms. The molecule has 3 nitrogen and oxygen atoms in total. The zero-order valence-electron chi connectivity index (χ0n) is 14.1. The van der Waals surface area contributed by atoms with E-state index in [0.29, 0.717) is 5.41 Å². The number of carbonyl (C=O) groups excluding carboxylic acids is 1. The fourth-order valence-corrected chi connectivity index (χ4v) is 5.89. The Balaban J connectivity index is 1.37. The molecule has 0 atom stereocenters. The molecule has 4 saturated carbocycles. The van der Waals surface area contributed by atoms with Crippen molar-refractivity contribution in [2.75, 3.05) is 11.9 Å². The Bertz CT molecular complexity index is 560. The van der Waals surface area contributed by atoms with Gasteiger partial charge in [0.25, 0.3) is 0 Å². The highest BCUT2D eigenvalue weighted by Crippen LogP contribution is 2.59. The van der Waals surface area contributed by atoms with E-state index in [1.807, 2.05) is 18.2 Å². The lowest BCUT2D eigenvalue weighted by Crippen LogP contribution is -2.51. The largest absolute Gasteiger partial charge is 0.337 e. The summed E-state index contributed by atoms with van der Waals surface area (Å²) in [6.07, 6.45) is 9.31. The molecule has 0 aromatic heterocycles. The van der Waals surface area contributed by atoms with Crippen molar-refractivity contribution in [2.45, 2.75) is 51.9 Å². The van der Waals surface area contributed by atoms with Crippen LogP contribution in [0.25, 0.3) is 0 Å². The van der Waals surface area contributed by atoms with Crippen molar-refractivity contribution in [1.82, 2.24) is 5.32 Å². The van der Waals surface area contributed by atoms with Crippen LogP contribution in [0.15, 0.2) is 24.3 Å². The van der Waals surface area contributed by atoms with Crippen LogP contribution >= 0.6 is 0 Å². The molecule has 5 rings (SSSR count). The van der Waals surface area contributed by atoms with Gasteiger partial charge in [-0.1, -0.05) is 25.1 Å². The molecule has 2 amide bonds. The summed E-state index contributed by atoms with van der Waals surface area (Å²) in [7, 11) is 0. The monoisotopic (exact) mass is 312 g/mol. The van der Waals surface area contributed by atoms with E-state index < -0.39 is 0 Å². The minimum absolute atomic E-state index is 0.0401. The highest BCUT2D eigenvalue weighted by Gasteiger charge is 2.50. The number of para-hydroxylation sites is 1. The molecule has 124 valence electrons. The second-order valence-electron chi connectivity index (χ2n) is 8.24. The Morgan fingerprint density at radius 2 is 1.70 bits per heavy atom. The quantitative estimate of drug-likeness (QED) is 0.839. The van der Waals surface area contributed by atoms with Gasteiger partial charge in [0.2, 0.25) is 0 Å². The minimum atomic E-state index is -0.0401. The number of urea groups is 1. The maximum absolute atomic E-state index is 12.4. The second kappa shape index (κ2) is 5.85. The van der Waals surface area contributed by atoms with Gasteiger partial charge in [-0.15, -0.1) is 0 Å². The molecule has 0 saturated heterocycles. The summed E-state index contributed by atoms with van der Waals surface area (Å²) in [4.78, 5) is 12.4. The highest BCUT2D eigenvalue weighted by atomic mass is 16.2. The maximum atomic E-state index is 12.4. The average Bonchev–Trinajstić information content (AvgIpc) is 2.52. The lowest BCUT2D eigenvalue weighted by molar-refractivity contribution is -0.0496. The van der Waals surface area contributed by atoms with Crippen molar-refractivity contribution in [1.29, 1.82) is 0 Å². The molecular weight excluding hydrogens is 284 g/mol. The first-order valence-electron chi connectivity index (χ1n) is 9.28. The summed E-state index contributed by atoms with van der Waals surface area (Å²) in [5.41, 5.74) is 2.53. The van der Waals surface area contributed by atoms with Gasteiger partial charge in [-0.3, -0.25) is 0 Å². The van der Waals surface area contributed by atoms with Crippen LogP contribution in [0.2, 0.25) is 0 Å². The Morgan fingerprint density at radius 1 is 1.09 bits per heavy atom. The third kappa shape index (κ3) is 2.98. The molecule has 0 heterocycles. The van der Waals surface area contributed by atoms with Crippen LogP contribution in [0.3, 0.4) is 0 Å². The predicted molar refractivity (Wildman–Crippen MR) is 93.4 cm³/mol. The van der Waals surface area contributed by atoms with Crippen LogP contribution in [0.1, 0.15) is 51.0 Å². The van der Waals surface area contributed by atoms with Gasteiger partial charge in [-0.05, 0) is 79.7 Å². The Labute approximate surface area is 139 Å². The lowest BCUT2D eigenvalue weighted by Gasteiger charge is -2.56. The van der Waals surface area contributed by atoms with Gasteiger partial charge in [0.05, 0.1) is 0 Å². The maximum Gasteiger partial charge on any atom is 0.319 e. The SMILES string of the molecule is CCc1ccccc1NC(=O)NCC12CC3CC(CC(C3)C1)C2. The molecule has 2 N–H and O–H groups in total. The Hall–Kier alpha value is -1.51. The standard InChI is InChI=1S/C20H28N2O/c1-2-17-5-3-4-6-18(17)22-19(23)21-13-20-10-14-7-15(11-20)9-16(8-14)12-20/h3-6,14-16H,2,7-13H2,1H3,(H2,21,22,23). The first kappa shape index (κ1) is 15.0. The van der Waals surface area contributed by atoms with Crippen LogP contribution in [-0.4, -0.2) is 12.6 Å². The number of hydrogen-bond acceptors (Lipinski definition) is 1. The van der Waals surface area contributed by atoms with Gasteiger partial charge in [0.15, 0.2) is 0 Å². The third-order valence-corrected chi connectivity index (χ3v) is 6.44. The van der Waals surface area contributed by atoms with E-state index in [2.05, 4.69) is 23.6 Å². The van der Waals surface area contributed by atoms with Gasteiger partial charge in [-0.25, -0.2) is 4.79 Å². The van der Waals surface area contributed by atoms with Gasteiger partial charge in [-0.2, -0.15) is 0 Å². The summed E-state index contributed by atoms with van der Waals surface area (Å²) in [6, 6.07) is 8.03. The van der Waals surface area contributed by atoms with E-state index in [9.17, 15) is 4.79 Å².